The summed E-state index contributed by atoms with van der Waals surface area (Å²) in [5, 5.41) is 3.42. The van der Waals surface area contributed by atoms with Gasteiger partial charge >= 0.3 is 0 Å². The van der Waals surface area contributed by atoms with Gasteiger partial charge < -0.3 is 15.1 Å². The zero-order valence-corrected chi connectivity index (χ0v) is 11.5. The maximum atomic E-state index is 3.42. The molecule has 4 heteroatoms. The van der Waals surface area contributed by atoms with Crippen LogP contribution in [0.1, 0.15) is 13.3 Å². The topological polar surface area (TPSA) is 21.8 Å². The van der Waals surface area contributed by atoms with Crippen molar-refractivity contribution in [3.8, 4) is 0 Å². The first kappa shape index (κ1) is 13.3. The van der Waals surface area contributed by atoms with E-state index in [1.54, 1.807) is 0 Å². The van der Waals surface area contributed by atoms with E-state index in [1.165, 1.54) is 65.3 Å². The Bertz CT molecular complexity index is 207. The van der Waals surface area contributed by atoms with Gasteiger partial charge in [0.1, 0.15) is 0 Å². The van der Waals surface area contributed by atoms with Crippen LogP contribution in [0.2, 0.25) is 0 Å². The van der Waals surface area contributed by atoms with Crippen LogP contribution < -0.4 is 5.32 Å². The van der Waals surface area contributed by atoms with Crippen LogP contribution in [0.5, 0.6) is 0 Å². The molecule has 0 amide bonds. The van der Waals surface area contributed by atoms with Crippen molar-refractivity contribution in [1.82, 2.24) is 20.0 Å². The number of nitrogens with one attached hydrogen (secondary N) is 1. The first-order valence-electron chi connectivity index (χ1n) is 7.11. The number of piperazine rings is 2. The Morgan fingerprint density at radius 2 is 1.65 bits per heavy atom. The first-order valence-corrected chi connectivity index (χ1v) is 7.11. The van der Waals surface area contributed by atoms with Crippen LogP contribution >= 0.6 is 0 Å². The van der Waals surface area contributed by atoms with Gasteiger partial charge in [-0.3, -0.25) is 4.90 Å². The fourth-order valence-electron chi connectivity index (χ4n) is 2.75. The van der Waals surface area contributed by atoms with Gasteiger partial charge in [-0.25, -0.2) is 0 Å². The molecule has 0 aromatic carbocycles. The summed E-state index contributed by atoms with van der Waals surface area (Å²) < 4.78 is 0. The van der Waals surface area contributed by atoms with Crippen LogP contribution in [0.3, 0.4) is 0 Å². The summed E-state index contributed by atoms with van der Waals surface area (Å²) in [6.45, 7) is 13.4. The van der Waals surface area contributed by atoms with Crippen molar-refractivity contribution in [3.05, 3.63) is 0 Å². The fourth-order valence-corrected chi connectivity index (χ4v) is 2.75. The molecule has 2 aliphatic rings. The molecule has 2 heterocycles. The highest BCUT2D eigenvalue weighted by Gasteiger charge is 2.18. The van der Waals surface area contributed by atoms with Gasteiger partial charge in [-0.05, 0) is 26.9 Å². The predicted octanol–water partition coefficient (Wildman–Crippen LogP) is -0.0824. The summed E-state index contributed by atoms with van der Waals surface area (Å²) in [6, 6.07) is 0.747. The molecule has 17 heavy (non-hydrogen) atoms. The van der Waals surface area contributed by atoms with E-state index in [9.17, 15) is 0 Å². The van der Waals surface area contributed by atoms with Gasteiger partial charge in [0.15, 0.2) is 0 Å². The fraction of sp³-hybridized carbons (Fsp3) is 1.00. The van der Waals surface area contributed by atoms with Crippen LogP contribution in [-0.4, -0.2) is 86.7 Å². The number of likely N-dealkylation sites (N-methyl/N-ethyl adjacent to an activating group) is 1. The molecule has 0 aliphatic carbocycles. The molecule has 100 valence electrons. The molecule has 0 saturated carbocycles. The molecule has 2 fully saturated rings. The van der Waals surface area contributed by atoms with Gasteiger partial charge in [-0.1, -0.05) is 0 Å². The molecule has 0 radical (unpaired) electrons. The molecule has 2 rings (SSSR count). The molecule has 1 atom stereocenters. The van der Waals surface area contributed by atoms with E-state index in [-0.39, 0.29) is 0 Å². The average Bonchev–Trinajstić information content (AvgIpc) is 2.39. The van der Waals surface area contributed by atoms with E-state index in [0.717, 1.165) is 6.04 Å². The molecular weight excluding hydrogens is 212 g/mol. The van der Waals surface area contributed by atoms with Crippen LogP contribution in [-0.2, 0) is 0 Å². The van der Waals surface area contributed by atoms with Gasteiger partial charge in [-0.15, -0.1) is 0 Å². The lowest BCUT2D eigenvalue weighted by atomic mass is 10.1. The van der Waals surface area contributed by atoms with Crippen LogP contribution in [0, 0.1) is 0 Å². The molecule has 4 nitrogen and oxygen atoms in total. The number of rotatable bonds is 4. The van der Waals surface area contributed by atoms with Crippen molar-refractivity contribution >= 4 is 0 Å². The van der Waals surface area contributed by atoms with Gasteiger partial charge in [0.2, 0.25) is 0 Å². The zero-order chi connectivity index (χ0) is 12.1. The maximum Gasteiger partial charge on any atom is 0.0110 e. The van der Waals surface area contributed by atoms with E-state index in [1.807, 2.05) is 0 Å². The van der Waals surface area contributed by atoms with E-state index >= 15 is 0 Å². The predicted molar refractivity (Wildman–Crippen MR) is 72.5 cm³/mol. The van der Waals surface area contributed by atoms with Crippen molar-refractivity contribution in [2.45, 2.75) is 19.4 Å². The summed E-state index contributed by atoms with van der Waals surface area (Å²) in [6.07, 6.45) is 1.32. The summed E-state index contributed by atoms with van der Waals surface area (Å²) in [7, 11) is 2.22. The van der Waals surface area contributed by atoms with Crippen LogP contribution in [0.25, 0.3) is 0 Å². The second kappa shape index (κ2) is 6.69. The standard InChI is InChI=1S/C13H28N4/c1-13(17-7-4-14-5-8-17)3-6-16-11-9-15(2)10-12-16/h13-14H,3-12H2,1-2H3. The lowest BCUT2D eigenvalue weighted by Crippen LogP contribution is -2.49. The molecule has 1 unspecified atom stereocenters. The Morgan fingerprint density at radius 3 is 2.29 bits per heavy atom. The summed E-state index contributed by atoms with van der Waals surface area (Å²) in [5.74, 6) is 0. The highest BCUT2D eigenvalue weighted by Crippen LogP contribution is 2.08. The lowest BCUT2D eigenvalue weighted by Gasteiger charge is -2.36. The van der Waals surface area contributed by atoms with Crippen molar-refractivity contribution in [3.63, 3.8) is 0 Å². The Morgan fingerprint density at radius 1 is 1.00 bits per heavy atom. The van der Waals surface area contributed by atoms with E-state index < -0.39 is 0 Å². The summed E-state index contributed by atoms with van der Waals surface area (Å²) in [5.41, 5.74) is 0. The highest BCUT2D eigenvalue weighted by molar-refractivity contribution is 4.76. The third kappa shape index (κ3) is 4.21. The Hall–Kier alpha value is -0.160. The second-order valence-electron chi connectivity index (χ2n) is 5.57. The molecule has 0 spiro atoms. The Labute approximate surface area is 106 Å². The van der Waals surface area contributed by atoms with Crippen molar-refractivity contribution < 1.29 is 0 Å². The average molecular weight is 240 g/mol. The maximum absolute atomic E-state index is 3.42. The van der Waals surface area contributed by atoms with Crippen molar-refractivity contribution in [2.75, 3.05) is 66.0 Å². The quantitative estimate of drug-likeness (QED) is 0.742. The smallest absolute Gasteiger partial charge is 0.0110 e. The Kier molecular flexibility index (Phi) is 5.22. The highest BCUT2D eigenvalue weighted by atomic mass is 15.3. The monoisotopic (exact) mass is 240 g/mol. The van der Waals surface area contributed by atoms with Gasteiger partial charge in [0.25, 0.3) is 0 Å². The minimum atomic E-state index is 0.747. The molecule has 0 aromatic heterocycles. The zero-order valence-electron chi connectivity index (χ0n) is 11.5. The van der Waals surface area contributed by atoms with Gasteiger partial charge in [-0.2, -0.15) is 0 Å². The largest absolute Gasteiger partial charge is 0.314 e. The number of nitrogens with zero attached hydrogens (tertiary/aromatic N) is 3. The molecule has 0 aromatic rings. The minimum Gasteiger partial charge on any atom is -0.314 e. The summed E-state index contributed by atoms with van der Waals surface area (Å²) >= 11 is 0. The van der Waals surface area contributed by atoms with Crippen molar-refractivity contribution in [2.24, 2.45) is 0 Å². The third-order valence-corrected chi connectivity index (χ3v) is 4.23. The minimum absolute atomic E-state index is 0.747. The SMILES string of the molecule is CC(CCN1CCN(C)CC1)N1CCNCC1. The van der Waals surface area contributed by atoms with E-state index in [0.29, 0.717) is 0 Å². The van der Waals surface area contributed by atoms with Gasteiger partial charge in [0.05, 0.1) is 0 Å². The molecular formula is C13H28N4. The molecule has 2 aliphatic heterocycles. The number of hydrogen-bond acceptors (Lipinski definition) is 4. The Balaban J connectivity index is 1.63. The molecule has 0 bridgehead atoms. The van der Waals surface area contributed by atoms with E-state index in [2.05, 4.69) is 34.0 Å². The molecule has 1 N–H and O–H groups in total. The lowest BCUT2D eigenvalue weighted by molar-refractivity contribution is 0.125. The van der Waals surface area contributed by atoms with Crippen LogP contribution in [0.4, 0.5) is 0 Å². The van der Waals surface area contributed by atoms with Crippen LogP contribution in [0.15, 0.2) is 0 Å². The second-order valence-corrected chi connectivity index (χ2v) is 5.57. The normalized spacial score (nSPS) is 27.2. The van der Waals surface area contributed by atoms with Gasteiger partial charge in [0, 0.05) is 58.4 Å². The third-order valence-electron chi connectivity index (χ3n) is 4.23. The summed E-state index contributed by atoms with van der Waals surface area (Å²) in [4.78, 5) is 7.68. The first-order chi connectivity index (χ1) is 8.25. The van der Waals surface area contributed by atoms with E-state index in [4.69, 9.17) is 0 Å². The molecule has 2 saturated heterocycles. The van der Waals surface area contributed by atoms with Crippen molar-refractivity contribution in [1.29, 1.82) is 0 Å². The number of hydrogen-bond donors (Lipinski definition) is 1.